The second kappa shape index (κ2) is 15.5. The van der Waals surface area contributed by atoms with E-state index in [-0.39, 0.29) is 32.3 Å². The first-order chi connectivity index (χ1) is 18.6. The molecule has 5 atom stereocenters. The van der Waals surface area contributed by atoms with Crippen LogP contribution in [-0.4, -0.2) is 67.3 Å². The molecule has 1 fully saturated rings. The van der Waals surface area contributed by atoms with Gasteiger partial charge in [-0.25, -0.2) is 9.18 Å². The molecule has 1 heterocycles. The molecule has 0 aliphatic carbocycles. The Morgan fingerprint density at radius 2 is 1.38 bits per heavy atom. The Morgan fingerprint density at radius 3 is 1.90 bits per heavy atom. The number of esters is 4. The van der Waals surface area contributed by atoms with Gasteiger partial charge in [0, 0.05) is 25.7 Å². The standard InChI is InChI=1S/C28H40FNO9/c1-5-8-21(31)36-20-16-35-26(25(38-23(33)10-7-3)24(20)37-22(32)9-6-2)39-27(34)28(30,17-29)15-19-13-11-18(4)12-14-19/h11-14,20,24-26H,5-10,15-17,30H2,1-4H3/t20-,24+,25-,26+,28+/m1/s1. The number of carbonyl (C=O) groups excluding carboxylic acids is 4. The highest BCUT2D eigenvalue weighted by molar-refractivity contribution is 5.81. The normalized spacial score (nSPS) is 22.3. The van der Waals surface area contributed by atoms with E-state index in [0.29, 0.717) is 24.8 Å². The van der Waals surface area contributed by atoms with E-state index in [2.05, 4.69) is 0 Å². The molecule has 0 radical (unpaired) electrons. The molecule has 0 aromatic heterocycles. The number of nitrogens with two attached hydrogens (primary N) is 1. The summed E-state index contributed by atoms with van der Waals surface area (Å²) in [6.45, 7) is 5.66. The average Bonchev–Trinajstić information content (AvgIpc) is 2.89. The van der Waals surface area contributed by atoms with Gasteiger partial charge in [0.25, 0.3) is 0 Å². The van der Waals surface area contributed by atoms with Crippen molar-refractivity contribution in [1.29, 1.82) is 0 Å². The molecule has 11 heteroatoms. The van der Waals surface area contributed by atoms with Crippen LogP contribution in [0.25, 0.3) is 0 Å². The lowest BCUT2D eigenvalue weighted by Gasteiger charge is -2.41. The van der Waals surface area contributed by atoms with Crippen molar-refractivity contribution in [1.82, 2.24) is 0 Å². The monoisotopic (exact) mass is 553 g/mol. The number of aryl methyl sites for hydroxylation is 1. The average molecular weight is 554 g/mol. The summed E-state index contributed by atoms with van der Waals surface area (Å²) in [4.78, 5) is 50.4. The molecule has 1 aromatic rings. The van der Waals surface area contributed by atoms with Crippen LogP contribution in [0.1, 0.15) is 70.4 Å². The van der Waals surface area contributed by atoms with Crippen molar-refractivity contribution in [2.45, 2.75) is 103 Å². The third kappa shape index (κ3) is 9.58. The van der Waals surface area contributed by atoms with Crippen LogP contribution in [0.3, 0.4) is 0 Å². The van der Waals surface area contributed by atoms with Crippen molar-refractivity contribution in [3.05, 3.63) is 35.4 Å². The van der Waals surface area contributed by atoms with Gasteiger partial charge in [0.15, 0.2) is 12.2 Å². The Hall–Kier alpha value is -3.05. The zero-order chi connectivity index (χ0) is 29.0. The summed E-state index contributed by atoms with van der Waals surface area (Å²) in [5, 5.41) is 0. The molecule has 2 N–H and O–H groups in total. The molecule has 0 spiro atoms. The number of ether oxygens (including phenoxy) is 5. The summed E-state index contributed by atoms with van der Waals surface area (Å²) in [5.41, 5.74) is 5.67. The highest BCUT2D eigenvalue weighted by atomic mass is 19.1. The third-order valence-corrected chi connectivity index (χ3v) is 6.07. The molecule has 0 saturated carbocycles. The second-order valence-electron chi connectivity index (χ2n) is 9.75. The number of halogens is 1. The molecule has 0 bridgehead atoms. The summed E-state index contributed by atoms with van der Waals surface area (Å²) in [6.07, 6.45) is -4.06. The van der Waals surface area contributed by atoms with Crippen molar-refractivity contribution >= 4 is 23.9 Å². The van der Waals surface area contributed by atoms with Gasteiger partial charge in [-0.1, -0.05) is 50.6 Å². The molecule has 0 amide bonds. The van der Waals surface area contributed by atoms with E-state index in [4.69, 9.17) is 29.4 Å². The van der Waals surface area contributed by atoms with Gasteiger partial charge in [-0.15, -0.1) is 0 Å². The summed E-state index contributed by atoms with van der Waals surface area (Å²) in [7, 11) is 0. The minimum atomic E-state index is -2.06. The van der Waals surface area contributed by atoms with Crippen LogP contribution in [0, 0.1) is 6.92 Å². The molecule has 1 aliphatic heterocycles. The highest BCUT2D eigenvalue weighted by Gasteiger charge is 2.51. The summed E-state index contributed by atoms with van der Waals surface area (Å²) in [5.74, 6) is -2.99. The Morgan fingerprint density at radius 1 is 0.872 bits per heavy atom. The number of rotatable bonds is 14. The van der Waals surface area contributed by atoms with Crippen LogP contribution in [-0.2, 0) is 49.3 Å². The maximum Gasteiger partial charge on any atom is 0.331 e. The number of alkyl halides is 1. The van der Waals surface area contributed by atoms with Crippen molar-refractivity contribution in [2.75, 3.05) is 13.3 Å². The van der Waals surface area contributed by atoms with Crippen LogP contribution >= 0.6 is 0 Å². The van der Waals surface area contributed by atoms with Crippen LogP contribution in [0.5, 0.6) is 0 Å². The SMILES string of the molecule is CCCC(=O)O[C@@H]1[C@@H](OC(=O)CCC)[C@H](OC(=O)[C@@](N)(CF)Cc2ccc(C)cc2)OC[C@H]1OC(=O)CCC. The molecule has 1 aromatic carbocycles. The van der Waals surface area contributed by atoms with Crippen LogP contribution < -0.4 is 5.73 Å². The summed E-state index contributed by atoms with van der Waals surface area (Å²) < 4.78 is 41.9. The number of hydrogen-bond acceptors (Lipinski definition) is 10. The molecule has 1 aliphatic rings. The van der Waals surface area contributed by atoms with Crippen molar-refractivity contribution < 1.29 is 47.3 Å². The lowest BCUT2D eigenvalue weighted by Crippen LogP contribution is -2.61. The molecule has 1 saturated heterocycles. The predicted molar refractivity (Wildman–Crippen MR) is 138 cm³/mol. The van der Waals surface area contributed by atoms with E-state index in [1.807, 2.05) is 19.1 Å². The molecule has 2 rings (SSSR count). The maximum absolute atomic E-state index is 14.2. The Labute approximate surface area is 228 Å². The van der Waals surface area contributed by atoms with Gasteiger partial charge < -0.3 is 29.4 Å². The Kier molecular flexibility index (Phi) is 12.8. The minimum absolute atomic E-state index is 0.0197. The molecule has 0 unspecified atom stereocenters. The molecule has 39 heavy (non-hydrogen) atoms. The summed E-state index contributed by atoms with van der Waals surface area (Å²) >= 11 is 0. The first kappa shape index (κ1) is 32.2. The number of carbonyl (C=O) groups is 4. The second-order valence-corrected chi connectivity index (χ2v) is 9.75. The molecular formula is C28H40FNO9. The van der Waals surface area contributed by atoms with Gasteiger partial charge in [-0.05, 0) is 31.7 Å². The highest BCUT2D eigenvalue weighted by Crippen LogP contribution is 2.28. The first-order valence-corrected chi connectivity index (χ1v) is 13.4. The smallest absolute Gasteiger partial charge is 0.331 e. The van der Waals surface area contributed by atoms with Crippen LogP contribution in [0.15, 0.2) is 24.3 Å². The minimum Gasteiger partial charge on any atom is -0.456 e. The van der Waals surface area contributed by atoms with Crippen LogP contribution in [0.4, 0.5) is 4.39 Å². The lowest BCUT2D eigenvalue weighted by atomic mass is 9.92. The Balaban J connectivity index is 2.34. The molecular weight excluding hydrogens is 513 g/mol. The van der Waals surface area contributed by atoms with Gasteiger partial charge in [0.2, 0.25) is 12.4 Å². The predicted octanol–water partition coefficient (Wildman–Crippen LogP) is 3.24. The van der Waals surface area contributed by atoms with Gasteiger partial charge >= 0.3 is 23.9 Å². The van der Waals surface area contributed by atoms with Gasteiger partial charge in [0.1, 0.15) is 12.2 Å². The molecule has 218 valence electrons. The van der Waals surface area contributed by atoms with E-state index in [1.165, 1.54) is 0 Å². The largest absolute Gasteiger partial charge is 0.456 e. The zero-order valence-electron chi connectivity index (χ0n) is 23.1. The van der Waals surface area contributed by atoms with Crippen molar-refractivity contribution in [3.63, 3.8) is 0 Å². The maximum atomic E-state index is 14.2. The van der Waals surface area contributed by atoms with Crippen LogP contribution in [0.2, 0.25) is 0 Å². The van der Waals surface area contributed by atoms with E-state index in [0.717, 1.165) is 5.56 Å². The van der Waals surface area contributed by atoms with Gasteiger partial charge in [0.05, 0.1) is 6.61 Å². The van der Waals surface area contributed by atoms with Crippen molar-refractivity contribution in [2.24, 2.45) is 5.73 Å². The fourth-order valence-corrected chi connectivity index (χ4v) is 3.94. The fourth-order valence-electron chi connectivity index (χ4n) is 3.94. The topological polar surface area (TPSA) is 140 Å². The van der Waals surface area contributed by atoms with E-state index in [9.17, 15) is 23.6 Å². The number of hydrogen-bond donors (Lipinski definition) is 1. The third-order valence-electron chi connectivity index (χ3n) is 6.07. The molecule has 10 nitrogen and oxygen atoms in total. The number of benzene rings is 1. The van der Waals surface area contributed by atoms with Gasteiger partial charge in [-0.2, -0.15) is 0 Å². The fraction of sp³-hybridized carbons (Fsp3) is 0.643. The lowest BCUT2D eigenvalue weighted by molar-refractivity contribution is -0.277. The van der Waals surface area contributed by atoms with E-state index >= 15 is 0 Å². The van der Waals surface area contributed by atoms with Crippen molar-refractivity contribution in [3.8, 4) is 0 Å². The van der Waals surface area contributed by atoms with E-state index in [1.54, 1.807) is 32.9 Å². The summed E-state index contributed by atoms with van der Waals surface area (Å²) in [6, 6.07) is 7.07. The first-order valence-electron chi connectivity index (χ1n) is 13.4. The quantitative estimate of drug-likeness (QED) is 0.270. The van der Waals surface area contributed by atoms with Gasteiger partial charge in [-0.3, -0.25) is 14.4 Å². The zero-order valence-corrected chi connectivity index (χ0v) is 23.1. The Bertz CT molecular complexity index is 970. The van der Waals surface area contributed by atoms with E-state index < -0.39 is 60.7 Å².